The molecule has 3 aromatic rings. The van der Waals surface area contributed by atoms with Crippen molar-refractivity contribution < 1.29 is 13.2 Å². The maximum absolute atomic E-state index is 13.7. The van der Waals surface area contributed by atoms with Gasteiger partial charge in [0.25, 0.3) is 10.0 Å². The second kappa shape index (κ2) is 6.73. The third kappa shape index (κ3) is 2.85. The fraction of sp³-hybridized carbons (Fsp3) is 0.200. The van der Waals surface area contributed by atoms with Gasteiger partial charge in [-0.2, -0.15) is 0 Å². The van der Waals surface area contributed by atoms with Gasteiger partial charge in [0, 0.05) is 22.4 Å². The van der Waals surface area contributed by atoms with Crippen molar-refractivity contribution in [1.29, 1.82) is 0 Å². The number of benzene rings is 2. The first-order chi connectivity index (χ1) is 13.0. The van der Waals surface area contributed by atoms with Gasteiger partial charge in [0.15, 0.2) is 0 Å². The smallest absolute Gasteiger partial charge is 0.265 e. The van der Waals surface area contributed by atoms with Crippen molar-refractivity contribution in [1.82, 2.24) is 4.57 Å². The van der Waals surface area contributed by atoms with Crippen LogP contribution >= 0.6 is 15.9 Å². The minimum atomic E-state index is -3.79. The van der Waals surface area contributed by atoms with Gasteiger partial charge in [0.1, 0.15) is 5.75 Å². The molecule has 1 aliphatic rings. The molecule has 0 bridgehead atoms. The molecule has 7 heteroatoms. The van der Waals surface area contributed by atoms with Gasteiger partial charge in [0.05, 0.1) is 29.4 Å². The molecular formula is C20H19BrN2O3S. The van der Waals surface area contributed by atoms with E-state index in [1.54, 1.807) is 24.3 Å². The number of nitrogens with zero attached hydrogens (tertiary/aromatic N) is 2. The summed E-state index contributed by atoms with van der Waals surface area (Å²) in [4.78, 5) is 0.214. The van der Waals surface area contributed by atoms with E-state index in [1.807, 2.05) is 43.5 Å². The minimum absolute atomic E-state index is 0.214. The first-order valence-electron chi connectivity index (χ1n) is 8.63. The fourth-order valence-electron chi connectivity index (χ4n) is 3.60. The van der Waals surface area contributed by atoms with Gasteiger partial charge >= 0.3 is 0 Å². The summed E-state index contributed by atoms with van der Waals surface area (Å²) in [5.41, 5.74) is 2.45. The second-order valence-electron chi connectivity index (χ2n) is 6.34. The van der Waals surface area contributed by atoms with Crippen LogP contribution in [0.2, 0.25) is 0 Å². The first-order valence-corrected chi connectivity index (χ1v) is 10.9. The molecule has 2 aromatic carbocycles. The second-order valence-corrected chi connectivity index (χ2v) is 9.07. The zero-order valence-corrected chi connectivity index (χ0v) is 17.4. The molecule has 0 saturated carbocycles. The fourth-order valence-corrected chi connectivity index (χ4v) is 5.69. The maximum Gasteiger partial charge on any atom is 0.265 e. The zero-order chi connectivity index (χ0) is 19.2. The number of hydrogen-bond acceptors (Lipinski definition) is 3. The van der Waals surface area contributed by atoms with E-state index >= 15 is 0 Å². The Labute approximate surface area is 167 Å². The Morgan fingerprint density at radius 2 is 1.89 bits per heavy atom. The van der Waals surface area contributed by atoms with Crippen LogP contribution in [0.1, 0.15) is 25.1 Å². The van der Waals surface area contributed by atoms with Crippen LogP contribution in [0.15, 0.2) is 70.2 Å². The van der Waals surface area contributed by atoms with Crippen molar-refractivity contribution in [2.75, 3.05) is 11.4 Å². The highest BCUT2D eigenvalue weighted by molar-refractivity contribution is 9.10. The molecule has 1 atom stereocenters. The summed E-state index contributed by atoms with van der Waals surface area (Å²) >= 11 is 3.49. The van der Waals surface area contributed by atoms with Crippen LogP contribution < -0.4 is 9.04 Å². The molecule has 0 N–H and O–H groups in total. The highest BCUT2D eigenvalue weighted by atomic mass is 79.9. The average molecular weight is 447 g/mol. The van der Waals surface area contributed by atoms with E-state index in [9.17, 15) is 8.42 Å². The Kier molecular flexibility index (Phi) is 4.52. The maximum atomic E-state index is 13.7. The van der Waals surface area contributed by atoms with E-state index in [0.717, 1.165) is 15.9 Å². The molecule has 1 aromatic heterocycles. The van der Waals surface area contributed by atoms with E-state index in [0.29, 0.717) is 17.9 Å². The Bertz CT molecular complexity index is 1110. The lowest BCUT2D eigenvalue weighted by Gasteiger charge is -2.38. The average Bonchev–Trinajstić information content (AvgIpc) is 3.16. The highest BCUT2D eigenvalue weighted by Gasteiger charge is 2.38. The molecule has 4 rings (SSSR count). The molecule has 0 spiro atoms. The van der Waals surface area contributed by atoms with Crippen LogP contribution in [-0.2, 0) is 10.0 Å². The van der Waals surface area contributed by atoms with Gasteiger partial charge in [-0.25, -0.2) is 8.42 Å². The van der Waals surface area contributed by atoms with E-state index in [1.165, 1.54) is 11.4 Å². The highest BCUT2D eigenvalue weighted by Crippen LogP contribution is 2.44. The molecule has 140 valence electrons. The number of sulfonamides is 1. The first kappa shape index (κ1) is 18.1. The molecule has 0 fully saturated rings. The van der Waals surface area contributed by atoms with Gasteiger partial charge in [-0.15, -0.1) is 0 Å². The molecule has 1 unspecified atom stereocenters. The lowest BCUT2D eigenvalue weighted by atomic mass is 10.1. The molecule has 1 aliphatic heterocycles. The summed E-state index contributed by atoms with van der Waals surface area (Å²) in [6.45, 7) is 2.00. The summed E-state index contributed by atoms with van der Waals surface area (Å²) in [6, 6.07) is 16.0. The molecular weight excluding hydrogens is 428 g/mol. The number of halogens is 1. The topological polar surface area (TPSA) is 51.5 Å². The molecule has 0 amide bonds. The SMILES string of the molecule is CCC1c2cccn2-c2ccc(Br)cc2N1S(=O)(=O)c1cccc(OC)c1. The summed E-state index contributed by atoms with van der Waals surface area (Å²) in [5.74, 6) is 0.513. The summed E-state index contributed by atoms with van der Waals surface area (Å²) < 4.78 is 37.0. The van der Waals surface area contributed by atoms with Gasteiger partial charge < -0.3 is 9.30 Å². The monoisotopic (exact) mass is 446 g/mol. The van der Waals surface area contributed by atoms with Crippen molar-refractivity contribution in [3.05, 3.63) is 71.0 Å². The Balaban J connectivity index is 1.97. The molecule has 27 heavy (non-hydrogen) atoms. The van der Waals surface area contributed by atoms with Crippen molar-refractivity contribution in [2.24, 2.45) is 0 Å². The number of rotatable bonds is 4. The largest absolute Gasteiger partial charge is 0.497 e. The van der Waals surface area contributed by atoms with Crippen LogP contribution in [0.5, 0.6) is 5.75 Å². The van der Waals surface area contributed by atoms with Crippen LogP contribution in [0.25, 0.3) is 5.69 Å². The zero-order valence-electron chi connectivity index (χ0n) is 15.0. The van der Waals surface area contributed by atoms with Crippen LogP contribution in [0, 0.1) is 0 Å². The van der Waals surface area contributed by atoms with Gasteiger partial charge in [-0.3, -0.25) is 4.31 Å². The molecule has 0 aliphatic carbocycles. The van der Waals surface area contributed by atoms with Crippen LogP contribution in [0.3, 0.4) is 0 Å². The van der Waals surface area contributed by atoms with Crippen LogP contribution in [0.4, 0.5) is 5.69 Å². The van der Waals surface area contributed by atoms with Crippen molar-refractivity contribution in [2.45, 2.75) is 24.3 Å². The van der Waals surface area contributed by atoms with E-state index in [-0.39, 0.29) is 10.9 Å². The predicted octanol–water partition coefficient (Wildman–Crippen LogP) is 4.91. The number of aromatic nitrogens is 1. The quantitative estimate of drug-likeness (QED) is 0.571. The minimum Gasteiger partial charge on any atom is -0.497 e. The Morgan fingerprint density at radius 1 is 1.07 bits per heavy atom. The van der Waals surface area contributed by atoms with Gasteiger partial charge in [-0.05, 0) is 48.9 Å². The molecule has 0 saturated heterocycles. The molecule has 5 nitrogen and oxygen atoms in total. The molecule has 0 radical (unpaired) electrons. The number of anilines is 1. The predicted molar refractivity (Wildman–Crippen MR) is 109 cm³/mol. The standard InChI is InChI=1S/C20H19BrN2O3S/c1-3-17-18-8-5-11-22(18)19-10-9-14(21)12-20(19)23(17)27(24,25)16-7-4-6-15(13-16)26-2/h4-13,17H,3H2,1-2H3. The van der Waals surface area contributed by atoms with Crippen molar-refractivity contribution in [3.63, 3.8) is 0 Å². The van der Waals surface area contributed by atoms with Crippen molar-refractivity contribution >= 4 is 31.6 Å². The summed E-state index contributed by atoms with van der Waals surface area (Å²) in [5, 5.41) is 0. The molecule has 2 heterocycles. The van der Waals surface area contributed by atoms with Gasteiger partial charge in [-0.1, -0.05) is 28.9 Å². The lowest BCUT2D eigenvalue weighted by molar-refractivity contribution is 0.413. The third-order valence-electron chi connectivity index (χ3n) is 4.82. The lowest BCUT2D eigenvalue weighted by Crippen LogP contribution is -2.39. The third-order valence-corrected chi connectivity index (χ3v) is 7.14. The van der Waals surface area contributed by atoms with E-state index in [4.69, 9.17) is 4.74 Å². The number of methoxy groups -OCH3 is 1. The number of fused-ring (bicyclic) bond motifs is 3. The van der Waals surface area contributed by atoms with E-state index in [2.05, 4.69) is 20.5 Å². The van der Waals surface area contributed by atoms with Crippen LogP contribution in [-0.4, -0.2) is 20.1 Å². The van der Waals surface area contributed by atoms with Crippen molar-refractivity contribution in [3.8, 4) is 11.4 Å². The normalized spacial score (nSPS) is 16.0. The summed E-state index contributed by atoms with van der Waals surface area (Å²) in [6.07, 6.45) is 2.62. The van der Waals surface area contributed by atoms with E-state index < -0.39 is 10.0 Å². The number of hydrogen-bond donors (Lipinski definition) is 0. The number of ether oxygens (including phenoxy) is 1. The Morgan fingerprint density at radius 3 is 2.63 bits per heavy atom. The summed E-state index contributed by atoms with van der Waals surface area (Å²) in [7, 11) is -2.26. The Hall–Kier alpha value is -2.25. The van der Waals surface area contributed by atoms with Gasteiger partial charge in [0.2, 0.25) is 0 Å².